The molecule has 1 atom stereocenters. The third-order valence-electron chi connectivity index (χ3n) is 6.28. The zero-order valence-electron chi connectivity index (χ0n) is 19.4. The van der Waals surface area contributed by atoms with Gasteiger partial charge in [-0.2, -0.15) is 5.26 Å². The van der Waals surface area contributed by atoms with Gasteiger partial charge >= 0.3 is 0 Å². The summed E-state index contributed by atoms with van der Waals surface area (Å²) in [6.07, 6.45) is 1.88. The van der Waals surface area contributed by atoms with Crippen molar-refractivity contribution in [2.75, 3.05) is 45.3 Å². The molecule has 35 heavy (non-hydrogen) atoms. The van der Waals surface area contributed by atoms with Crippen molar-refractivity contribution in [1.82, 2.24) is 19.9 Å². The number of pyridine rings is 1. The Labute approximate surface area is 201 Å². The number of methoxy groups -OCH3 is 1. The Bertz CT molecular complexity index is 1340. The van der Waals surface area contributed by atoms with E-state index in [1.807, 2.05) is 23.1 Å². The van der Waals surface area contributed by atoms with E-state index in [0.717, 1.165) is 5.56 Å². The number of carbonyl (C=O) groups excluding carboxylic acids is 1. The van der Waals surface area contributed by atoms with Crippen LogP contribution in [0.25, 0.3) is 11.3 Å². The first-order valence-electron chi connectivity index (χ1n) is 11.2. The predicted octanol–water partition coefficient (Wildman–Crippen LogP) is 2.76. The lowest BCUT2D eigenvalue weighted by Crippen LogP contribution is -2.41. The maximum Gasteiger partial charge on any atom is 0.272 e. The van der Waals surface area contributed by atoms with Crippen LogP contribution in [0.4, 0.5) is 10.3 Å². The normalized spacial score (nSPS) is 17.7. The van der Waals surface area contributed by atoms with Crippen LogP contribution in [0.15, 0.2) is 36.5 Å². The molecule has 5 rings (SSSR count). The van der Waals surface area contributed by atoms with Gasteiger partial charge in [-0.1, -0.05) is 0 Å². The number of aromatic nitrogens is 3. The van der Waals surface area contributed by atoms with Gasteiger partial charge in [-0.3, -0.25) is 4.79 Å². The standard InChI is InChI=1S/C25H23FN6O3/c1-31-8-6-18-22(17-4-3-15(13-27)11-19(17)26)29-25(30-23(18)24(31)33)32-9-10-35-20(14-32)16-5-7-28-21(12-16)34-2/h3-5,7,11-12,20H,6,8-10,14H2,1-2H3/t20-/m0/s1. The highest BCUT2D eigenvalue weighted by atomic mass is 19.1. The topological polar surface area (TPSA) is 104 Å². The molecule has 9 nitrogen and oxygen atoms in total. The fourth-order valence-corrected chi connectivity index (χ4v) is 4.36. The molecule has 0 saturated carbocycles. The number of rotatable bonds is 4. The van der Waals surface area contributed by atoms with Crippen molar-refractivity contribution in [3.05, 3.63) is 64.7 Å². The number of ether oxygens (including phenoxy) is 2. The molecule has 1 fully saturated rings. The third kappa shape index (κ3) is 4.26. The minimum Gasteiger partial charge on any atom is -0.481 e. The average molecular weight is 474 g/mol. The number of carbonyl (C=O) groups is 1. The van der Waals surface area contributed by atoms with E-state index in [4.69, 9.17) is 19.7 Å². The molecule has 2 aliphatic heterocycles. The van der Waals surface area contributed by atoms with Gasteiger partial charge in [0.05, 0.1) is 37.6 Å². The van der Waals surface area contributed by atoms with Crippen molar-refractivity contribution in [3.8, 4) is 23.2 Å². The number of morpholine rings is 1. The Hall–Kier alpha value is -4.10. The number of anilines is 1. The van der Waals surface area contributed by atoms with Crippen molar-refractivity contribution < 1.29 is 18.7 Å². The van der Waals surface area contributed by atoms with Crippen molar-refractivity contribution in [2.45, 2.75) is 12.5 Å². The van der Waals surface area contributed by atoms with E-state index >= 15 is 4.39 Å². The quantitative estimate of drug-likeness (QED) is 0.569. The molecular weight excluding hydrogens is 451 g/mol. The van der Waals surface area contributed by atoms with Crippen molar-refractivity contribution in [1.29, 1.82) is 5.26 Å². The van der Waals surface area contributed by atoms with E-state index in [0.29, 0.717) is 55.7 Å². The molecule has 4 heterocycles. The molecule has 0 unspecified atom stereocenters. The molecule has 1 aromatic carbocycles. The second-order valence-electron chi connectivity index (χ2n) is 8.42. The first-order chi connectivity index (χ1) is 17.0. The second-order valence-corrected chi connectivity index (χ2v) is 8.42. The summed E-state index contributed by atoms with van der Waals surface area (Å²) in [5, 5.41) is 9.12. The van der Waals surface area contributed by atoms with Gasteiger partial charge in [0.2, 0.25) is 11.8 Å². The molecule has 2 aromatic heterocycles. The summed E-state index contributed by atoms with van der Waals surface area (Å²) in [5.74, 6) is 0.0286. The SMILES string of the molecule is COc1cc([C@@H]2CN(c3nc4c(c(-c5ccc(C#N)cc5F)n3)CCN(C)C4=O)CCO2)ccn1. The summed E-state index contributed by atoms with van der Waals surface area (Å²) < 4.78 is 26.2. The lowest BCUT2D eigenvalue weighted by atomic mass is 9.97. The minimum atomic E-state index is -0.564. The van der Waals surface area contributed by atoms with Crippen LogP contribution in [0.1, 0.15) is 33.3 Å². The summed E-state index contributed by atoms with van der Waals surface area (Å²) in [6, 6.07) is 9.89. The number of benzene rings is 1. The maximum absolute atomic E-state index is 15.0. The Morgan fingerprint density at radius 2 is 2.03 bits per heavy atom. The maximum atomic E-state index is 15.0. The summed E-state index contributed by atoms with van der Waals surface area (Å²) >= 11 is 0. The van der Waals surface area contributed by atoms with E-state index < -0.39 is 5.82 Å². The Balaban J connectivity index is 1.57. The molecule has 2 aliphatic rings. The molecule has 178 valence electrons. The molecule has 0 bridgehead atoms. The second kappa shape index (κ2) is 9.27. The molecule has 1 amide bonds. The summed E-state index contributed by atoms with van der Waals surface area (Å²) in [6.45, 7) is 1.86. The van der Waals surface area contributed by atoms with Gasteiger partial charge in [0.15, 0.2) is 0 Å². The number of hydrogen-bond donors (Lipinski definition) is 0. The van der Waals surface area contributed by atoms with Gasteiger partial charge in [-0.15, -0.1) is 0 Å². The highest BCUT2D eigenvalue weighted by Crippen LogP contribution is 2.33. The fraction of sp³-hybridized carbons (Fsp3) is 0.320. The number of halogens is 1. The van der Waals surface area contributed by atoms with E-state index in [1.54, 1.807) is 31.3 Å². The number of likely N-dealkylation sites (N-methyl/N-ethyl adjacent to an activating group) is 1. The van der Waals surface area contributed by atoms with Crippen molar-refractivity contribution >= 4 is 11.9 Å². The van der Waals surface area contributed by atoms with Crippen LogP contribution in [-0.4, -0.2) is 66.2 Å². The highest BCUT2D eigenvalue weighted by Gasteiger charge is 2.31. The third-order valence-corrected chi connectivity index (χ3v) is 6.28. The van der Waals surface area contributed by atoms with Crippen molar-refractivity contribution in [3.63, 3.8) is 0 Å². The fourth-order valence-electron chi connectivity index (χ4n) is 4.36. The molecule has 0 aliphatic carbocycles. The molecule has 3 aromatic rings. The Kier molecular flexibility index (Phi) is 6.01. The van der Waals surface area contributed by atoms with Crippen LogP contribution in [0, 0.1) is 17.1 Å². The lowest BCUT2D eigenvalue weighted by Gasteiger charge is -2.34. The van der Waals surface area contributed by atoms with Crippen LogP contribution in [-0.2, 0) is 11.2 Å². The van der Waals surface area contributed by atoms with Gasteiger partial charge < -0.3 is 19.3 Å². The lowest BCUT2D eigenvalue weighted by molar-refractivity contribution is 0.0390. The van der Waals surface area contributed by atoms with E-state index in [1.165, 1.54) is 12.1 Å². The Morgan fingerprint density at radius 3 is 2.80 bits per heavy atom. The zero-order chi connectivity index (χ0) is 24.5. The first-order valence-corrected chi connectivity index (χ1v) is 11.2. The highest BCUT2D eigenvalue weighted by molar-refractivity contribution is 5.96. The first kappa shape index (κ1) is 22.7. The van der Waals surface area contributed by atoms with Crippen LogP contribution in [0.2, 0.25) is 0 Å². The Morgan fingerprint density at radius 1 is 1.20 bits per heavy atom. The van der Waals surface area contributed by atoms with Crippen LogP contribution in [0.3, 0.4) is 0 Å². The molecular formula is C25H23FN6O3. The monoisotopic (exact) mass is 474 g/mol. The van der Waals surface area contributed by atoms with Crippen LogP contribution in [0.5, 0.6) is 5.88 Å². The molecule has 10 heteroatoms. The largest absolute Gasteiger partial charge is 0.481 e. The van der Waals surface area contributed by atoms with E-state index in [2.05, 4.69) is 9.97 Å². The van der Waals surface area contributed by atoms with Crippen molar-refractivity contribution in [2.24, 2.45) is 0 Å². The summed E-state index contributed by atoms with van der Waals surface area (Å²) in [5.41, 5.74) is 2.62. The van der Waals surface area contributed by atoms with Crippen LogP contribution < -0.4 is 9.64 Å². The van der Waals surface area contributed by atoms with Gasteiger partial charge in [-0.25, -0.2) is 19.3 Å². The van der Waals surface area contributed by atoms with Gasteiger partial charge in [0, 0.05) is 43.5 Å². The predicted molar refractivity (Wildman–Crippen MR) is 125 cm³/mol. The van der Waals surface area contributed by atoms with Gasteiger partial charge in [0.1, 0.15) is 17.6 Å². The number of nitrogens with zero attached hydrogens (tertiary/aromatic N) is 6. The minimum absolute atomic E-state index is 0.217. The van der Waals surface area contributed by atoms with Crippen LogP contribution >= 0.6 is 0 Å². The number of fused-ring (bicyclic) bond motifs is 1. The van der Waals surface area contributed by atoms with E-state index in [-0.39, 0.29) is 28.8 Å². The molecule has 0 N–H and O–H groups in total. The summed E-state index contributed by atoms with van der Waals surface area (Å²) in [7, 11) is 3.27. The summed E-state index contributed by atoms with van der Waals surface area (Å²) in [4.78, 5) is 30.1. The average Bonchev–Trinajstić information content (AvgIpc) is 2.90. The van der Waals surface area contributed by atoms with Gasteiger partial charge in [-0.05, 0) is 36.2 Å². The molecule has 0 spiro atoms. The number of amides is 1. The molecule has 0 radical (unpaired) electrons. The molecule has 1 saturated heterocycles. The zero-order valence-corrected chi connectivity index (χ0v) is 19.4. The van der Waals surface area contributed by atoms with E-state index in [9.17, 15) is 4.79 Å². The number of nitriles is 1. The smallest absolute Gasteiger partial charge is 0.272 e. The number of hydrogen-bond acceptors (Lipinski definition) is 8. The van der Waals surface area contributed by atoms with Gasteiger partial charge in [0.25, 0.3) is 5.91 Å².